The van der Waals surface area contributed by atoms with Gasteiger partial charge in [0.05, 0.1) is 6.42 Å². The maximum absolute atomic E-state index is 10.4. The number of aliphatic carboxylic acids is 1. The molecule has 1 aromatic carbocycles. The molecule has 2 rings (SSSR count). The Kier molecular flexibility index (Phi) is 2.72. The fourth-order valence-electron chi connectivity index (χ4n) is 1.55. The van der Waals surface area contributed by atoms with Crippen molar-refractivity contribution in [2.45, 2.75) is 12.8 Å². The lowest BCUT2D eigenvalue weighted by molar-refractivity contribution is -0.136. The average molecular weight is 217 g/mol. The van der Waals surface area contributed by atoms with E-state index in [0.29, 0.717) is 17.6 Å². The van der Waals surface area contributed by atoms with Crippen LogP contribution in [-0.4, -0.2) is 21.2 Å². The van der Waals surface area contributed by atoms with Crippen molar-refractivity contribution in [3.05, 3.63) is 36.0 Å². The van der Waals surface area contributed by atoms with Crippen LogP contribution in [0.5, 0.6) is 5.75 Å². The predicted octanol–water partition coefficient (Wildman–Crippen LogP) is 1.96. The number of phenols is 1. The first-order chi connectivity index (χ1) is 7.66. The van der Waals surface area contributed by atoms with Crippen molar-refractivity contribution < 1.29 is 15.0 Å². The summed E-state index contributed by atoms with van der Waals surface area (Å²) in [6.07, 6.45) is 0.422. The molecule has 0 saturated carbocycles. The van der Waals surface area contributed by atoms with Crippen molar-refractivity contribution in [2.75, 3.05) is 0 Å². The summed E-state index contributed by atoms with van der Waals surface area (Å²) in [7, 11) is 0. The van der Waals surface area contributed by atoms with Gasteiger partial charge in [-0.1, -0.05) is 18.2 Å². The molecule has 0 aliphatic heterocycles. The summed E-state index contributed by atoms with van der Waals surface area (Å²) >= 11 is 0. The lowest BCUT2D eigenvalue weighted by Gasteiger charge is -2.03. The highest BCUT2D eigenvalue weighted by Crippen LogP contribution is 2.22. The van der Waals surface area contributed by atoms with E-state index >= 15 is 0 Å². The standard InChI is InChI=1S/C12H11NO3/c14-10-3-1-2-8-4-5-9(13-12(8)10)6-7-11(15)16/h1-5,14H,6-7H2,(H,15,16). The van der Waals surface area contributed by atoms with Gasteiger partial charge in [0, 0.05) is 17.5 Å². The van der Waals surface area contributed by atoms with E-state index in [1.807, 2.05) is 12.1 Å². The fraction of sp³-hybridized carbons (Fsp3) is 0.167. The van der Waals surface area contributed by atoms with Crippen molar-refractivity contribution in [3.63, 3.8) is 0 Å². The van der Waals surface area contributed by atoms with E-state index in [2.05, 4.69) is 4.98 Å². The minimum absolute atomic E-state index is 0.0477. The molecule has 82 valence electrons. The Morgan fingerprint density at radius 3 is 2.81 bits per heavy atom. The Morgan fingerprint density at radius 2 is 2.06 bits per heavy atom. The van der Waals surface area contributed by atoms with Gasteiger partial charge >= 0.3 is 5.97 Å². The van der Waals surface area contributed by atoms with Gasteiger partial charge in [0.1, 0.15) is 11.3 Å². The summed E-state index contributed by atoms with van der Waals surface area (Å²) in [4.78, 5) is 14.7. The van der Waals surface area contributed by atoms with Gasteiger partial charge < -0.3 is 10.2 Å². The number of aromatic nitrogens is 1. The number of hydrogen-bond acceptors (Lipinski definition) is 3. The molecular weight excluding hydrogens is 206 g/mol. The minimum atomic E-state index is -0.848. The van der Waals surface area contributed by atoms with Gasteiger partial charge in [0.15, 0.2) is 0 Å². The molecule has 0 spiro atoms. The average Bonchev–Trinajstić information content (AvgIpc) is 2.27. The second-order valence-electron chi connectivity index (χ2n) is 3.55. The van der Waals surface area contributed by atoms with Gasteiger partial charge in [0.25, 0.3) is 0 Å². The summed E-state index contributed by atoms with van der Waals surface area (Å²) < 4.78 is 0. The first kappa shape index (κ1) is 10.4. The van der Waals surface area contributed by atoms with Crippen LogP contribution < -0.4 is 0 Å². The Morgan fingerprint density at radius 1 is 1.25 bits per heavy atom. The van der Waals surface area contributed by atoms with Crippen LogP contribution in [0.3, 0.4) is 0 Å². The molecule has 0 unspecified atom stereocenters. The maximum atomic E-state index is 10.4. The lowest BCUT2D eigenvalue weighted by Crippen LogP contribution is -1.99. The maximum Gasteiger partial charge on any atom is 0.303 e. The first-order valence-corrected chi connectivity index (χ1v) is 4.96. The predicted molar refractivity (Wildman–Crippen MR) is 59.4 cm³/mol. The number of pyridine rings is 1. The molecule has 0 bridgehead atoms. The number of hydrogen-bond donors (Lipinski definition) is 2. The smallest absolute Gasteiger partial charge is 0.303 e. The summed E-state index contributed by atoms with van der Waals surface area (Å²) in [5.74, 6) is -0.728. The number of carboxylic acid groups (broad SMARTS) is 1. The first-order valence-electron chi connectivity index (χ1n) is 4.96. The molecule has 1 aromatic heterocycles. The number of fused-ring (bicyclic) bond motifs is 1. The highest BCUT2D eigenvalue weighted by molar-refractivity contribution is 5.84. The van der Waals surface area contributed by atoms with Crippen LogP contribution in [0, 0.1) is 0 Å². The molecule has 0 radical (unpaired) electrons. The van der Waals surface area contributed by atoms with Crippen molar-refractivity contribution in [1.82, 2.24) is 4.98 Å². The van der Waals surface area contributed by atoms with Crippen LogP contribution in [0.1, 0.15) is 12.1 Å². The number of rotatable bonds is 3. The van der Waals surface area contributed by atoms with Gasteiger partial charge in [-0.3, -0.25) is 4.79 Å². The van der Waals surface area contributed by atoms with Crippen LogP contribution >= 0.6 is 0 Å². The monoisotopic (exact) mass is 217 g/mol. The fourth-order valence-corrected chi connectivity index (χ4v) is 1.55. The number of para-hydroxylation sites is 1. The third-order valence-corrected chi connectivity index (χ3v) is 2.35. The number of carboxylic acids is 1. The summed E-state index contributed by atoms with van der Waals surface area (Å²) in [5, 5.41) is 19.0. The SMILES string of the molecule is O=C(O)CCc1ccc2cccc(O)c2n1. The van der Waals surface area contributed by atoms with E-state index in [9.17, 15) is 9.90 Å². The number of nitrogens with zero attached hydrogens (tertiary/aromatic N) is 1. The van der Waals surface area contributed by atoms with E-state index in [-0.39, 0.29) is 12.2 Å². The van der Waals surface area contributed by atoms with Gasteiger partial charge in [-0.25, -0.2) is 4.98 Å². The molecule has 4 nitrogen and oxygen atoms in total. The normalized spacial score (nSPS) is 10.5. The molecule has 2 N–H and O–H groups in total. The minimum Gasteiger partial charge on any atom is -0.506 e. The van der Waals surface area contributed by atoms with Gasteiger partial charge in [-0.15, -0.1) is 0 Å². The molecule has 0 atom stereocenters. The molecule has 2 aromatic rings. The molecule has 0 saturated heterocycles. The molecule has 4 heteroatoms. The van der Waals surface area contributed by atoms with Gasteiger partial charge in [0.2, 0.25) is 0 Å². The second kappa shape index (κ2) is 4.18. The van der Waals surface area contributed by atoms with Gasteiger partial charge in [-0.2, -0.15) is 0 Å². The van der Waals surface area contributed by atoms with E-state index in [1.54, 1.807) is 18.2 Å². The summed E-state index contributed by atoms with van der Waals surface area (Å²) in [6, 6.07) is 8.78. The van der Waals surface area contributed by atoms with Crippen LogP contribution in [0.2, 0.25) is 0 Å². The van der Waals surface area contributed by atoms with E-state index in [0.717, 1.165) is 5.39 Å². The zero-order valence-electron chi connectivity index (χ0n) is 8.55. The van der Waals surface area contributed by atoms with Crippen LogP contribution in [0.25, 0.3) is 10.9 Å². The second-order valence-corrected chi connectivity index (χ2v) is 3.55. The Hall–Kier alpha value is -2.10. The quantitative estimate of drug-likeness (QED) is 0.824. The van der Waals surface area contributed by atoms with Gasteiger partial charge in [-0.05, 0) is 12.1 Å². The molecular formula is C12H11NO3. The summed E-state index contributed by atoms with van der Waals surface area (Å²) in [5.41, 5.74) is 1.20. The van der Waals surface area contributed by atoms with Crippen molar-refractivity contribution in [3.8, 4) is 5.75 Å². The Balaban J connectivity index is 2.35. The van der Waals surface area contributed by atoms with Crippen LogP contribution in [0.15, 0.2) is 30.3 Å². The largest absolute Gasteiger partial charge is 0.506 e. The topological polar surface area (TPSA) is 70.4 Å². The number of aryl methyl sites for hydroxylation is 1. The zero-order chi connectivity index (χ0) is 11.5. The van der Waals surface area contributed by atoms with E-state index in [4.69, 9.17) is 5.11 Å². The number of aromatic hydroxyl groups is 1. The zero-order valence-corrected chi connectivity index (χ0v) is 8.55. The van der Waals surface area contributed by atoms with Crippen molar-refractivity contribution >= 4 is 16.9 Å². The lowest BCUT2D eigenvalue weighted by atomic mass is 10.1. The summed E-state index contributed by atoms with van der Waals surface area (Å²) in [6.45, 7) is 0. The number of phenolic OH excluding ortho intramolecular Hbond substituents is 1. The molecule has 16 heavy (non-hydrogen) atoms. The third kappa shape index (κ3) is 2.11. The molecule has 0 aliphatic rings. The Bertz CT molecular complexity index is 537. The van der Waals surface area contributed by atoms with E-state index < -0.39 is 5.97 Å². The highest BCUT2D eigenvalue weighted by atomic mass is 16.4. The third-order valence-electron chi connectivity index (χ3n) is 2.35. The molecule has 0 amide bonds. The van der Waals surface area contributed by atoms with Crippen LogP contribution in [0.4, 0.5) is 0 Å². The van der Waals surface area contributed by atoms with E-state index in [1.165, 1.54) is 0 Å². The molecule has 1 heterocycles. The number of benzene rings is 1. The van der Waals surface area contributed by atoms with Crippen LogP contribution in [-0.2, 0) is 11.2 Å². The van der Waals surface area contributed by atoms with Crippen molar-refractivity contribution in [1.29, 1.82) is 0 Å². The van der Waals surface area contributed by atoms with Crippen molar-refractivity contribution in [2.24, 2.45) is 0 Å². The Labute approximate surface area is 92.2 Å². The molecule has 0 fully saturated rings. The molecule has 0 aliphatic carbocycles. The number of carbonyl (C=O) groups is 1. The highest BCUT2D eigenvalue weighted by Gasteiger charge is 2.04.